The van der Waals surface area contributed by atoms with Gasteiger partial charge < -0.3 is 9.88 Å². The number of nitrogens with zero attached hydrogens (tertiary/aromatic N) is 3. The topological polar surface area (TPSA) is 107 Å². The van der Waals surface area contributed by atoms with Gasteiger partial charge in [0.1, 0.15) is 5.82 Å². The first-order chi connectivity index (χ1) is 14.8. The summed E-state index contributed by atoms with van der Waals surface area (Å²) in [4.78, 5) is 40.1. The summed E-state index contributed by atoms with van der Waals surface area (Å²) in [6.45, 7) is 2.02. The van der Waals surface area contributed by atoms with Crippen LogP contribution in [0.25, 0.3) is 0 Å². The Balaban J connectivity index is 1.69. The van der Waals surface area contributed by atoms with E-state index in [1.54, 1.807) is 23.7 Å². The number of thioether (sulfide) groups is 1. The van der Waals surface area contributed by atoms with Crippen LogP contribution in [0.3, 0.4) is 0 Å². The molecule has 1 atom stereocenters. The second-order valence-electron chi connectivity index (χ2n) is 7.45. The van der Waals surface area contributed by atoms with Crippen LogP contribution in [0, 0.1) is 17.0 Å². The predicted molar refractivity (Wildman–Crippen MR) is 118 cm³/mol. The molecule has 0 aliphatic carbocycles. The molecule has 0 radical (unpaired) electrons. The van der Waals surface area contributed by atoms with Crippen LogP contribution in [0.1, 0.15) is 34.6 Å². The Morgan fingerprint density at radius 3 is 2.65 bits per heavy atom. The molecule has 8 nitrogen and oxygen atoms in total. The molecule has 9 heteroatoms. The van der Waals surface area contributed by atoms with Crippen molar-refractivity contribution in [2.24, 2.45) is 7.05 Å². The zero-order valence-corrected chi connectivity index (χ0v) is 17.8. The highest BCUT2D eigenvalue weighted by atomic mass is 32.2. The summed E-state index contributed by atoms with van der Waals surface area (Å²) in [6.07, 6.45) is 0.0809. The van der Waals surface area contributed by atoms with Crippen LogP contribution >= 0.6 is 11.8 Å². The van der Waals surface area contributed by atoms with Gasteiger partial charge in [-0.15, -0.1) is 0 Å². The molecule has 1 unspecified atom stereocenters. The Bertz CT molecular complexity index is 1240. The van der Waals surface area contributed by atoms with Crippen molar-refractivity contribution >= 4 is 29.2 Å². The maximum Gasteiger partial charge on any atom is 0.279 e. The van der Waals surface area contributed by atoms with Gasteiger partial charge in [-0.3, -0.25) is 19.7 Å². The summed E-state index contributed by atoms with van der Waals surface area (Å²) in [5.74, 6) is 0.338. The zero-order chi connectivity index (χ0) is 22.1. The molecule has 0 spiro atoms. The number of amides is 1. The predicted octanol–water partition coefficient (Wildman–Crippen LogP) is 3.76. The number of non-ortho nitro benzene ring substituents is 1. The van der Waals surface area contributed by atoms with Gasteiger partial charge in [0.05, 0.1) is 10.5 Å². The van der Waals surface area contributed by atoms with E-state index >= 15 is 0 Å². The highest BCUT2D eigenvalue weighted by Crippen LogP contribution is 2.36. The fourth-order valence-corrected chi connectivity index (χ4v) is 4.64. The summed E-state index contributed by atoms with van der Waals surface area (Å²) < 4.78 is 1.73. The van der Waals surface area contributed by atoms with Gasteiger partial charge in [-0.05, 0) is 18.1 Å². The van der Waals surface area contributed by atoms with Crippen molar-refractivity contribution in [1.82, 2.24) is 9.55 Å². The van der Waals surface area contributed by atoms with Gasteiger partial charge in [0.2, 0.25) is 5.91 Å². The molecular formula is C22H20N4O4S. The quantitative estimate of drug-likeness (QED) is 0.282. The summed E-state index contributed by atoms with van der Waals surface area (Å²) in [5.41, 5.74) is 2.89. The minimum absolute atomic E-state index is 0.0434. The highest BCUT2D eigenvalue weighted by molar-refractivity contribution is 7.98. The molecule has 2 heterocycles. The minimum atomic E-state index is -0.508. The number of carbonyl (C=O) groups excluding carboxylic acids is 1. The average molecular weight is 436 g/mol. The highest BCUT2D eigenvalue weighted by Gasteiger charge is 2.32. The van der Waals surface area contributed by atoms with Crippen molar-refractivity contribution in [3.8, 4) is 0 Å². The molecule has 1 aromatic heterocycles. The number of fused-ring (bicyclic) bond motifs is 1. The average Bonchev–Trinajstić information content (AvgIpc) is 2.74. The largest absolute Gasteiger partial charge is 0.312 e. The Morgan fingerprint density at radius 1 is 1.23 bits per heavy atom. The van der Waals surface area contributed by atoms with Crippen LogP contribution in [-0.4, -0.2) is 20.4 Å². The number of nitro benzene ring substituents is 1. The van der Waals surface area contributed by atoms with Gasteiger partial charge in [0.25, 0.3) is 11.2 Å². The van der Waals surface area contributed by atoms with E-state index in [4.69, 9.17) is 0 Å². The number of nitro groups is 1. The van der Waals surface area contributed by atoms with Gasteiger partial charge in [-0.25, -0.2) is 0 Å². The number of nitrogens with one attached hydrogen (secondary N) is 1. The molecule has 0 bridgehead atoms. The lowest BCUT2D eigenvalue weighted by atomic mass is 9.86. The number of hydrogen-bond acceptors (Lipinski definition) is 6. The molecule has 0 fully saturated rings. The van der Waals surface area contributed by atoms with Crippen LogP contribution < -0.4 is 10.9 Å². The molecule has 3 aromatic rings. The maximum atomic E-state index is 13.0. The molecule has 0 saturated carbocycles. The van der Waals surface area contributed by atoms with Crippen LogP contribution in [0.4, 0.5) is 11.5 Å². The first-order valence-electron chi connectivity index (χ1n) is 9.67. The smallest absolute Gasteiger partial charge is 0.279 e. The molecule has 31 heavy (non-hydrogen) atoms. The van der Waals surface area contributed by atoms with Crippen LogP contribution in [0.15, 0.2) is 58.5 Å². The number of aryl methyl sites for hydroxylation is 1. The number of rotatable bonds is 5. The van der Waals surface area contributed by atoms with Crippen molar-refractivity contribution in [3.05, 3.63) is 91.3 Å². The van der Waals surface area contributed by atoms with Gasteiger partial charge >= 0.3 is 0 Å². The van der Waals surface area contributed by atoms with Crippen LogP contribution in [-0.2, 0) is 17.6 Å². The van der Waals surface area contributed by atoms with Crippen molar-refractivity contribution in [2.45, 2.75) is 30.2 Å². The molecule has 158 valence electrons. The maximum absolute atomic E-state index is 13.0. The second-order valence-corrected chi connectivity index (χ2v) is 8.39. The molecule has 4 rings (SSSR count). The van der Waals surface area contributed by atoms with Gasteiger partial charge in [-0.1, -0.05) is 53.7 Å². The third kappa shape index (κ3) is 4.22. The monoisotopic (exact) mass is 436 g/mol. The van der Waals surface area contributed by atoms with Crippen LogP contribution in [0.5, 0.6) is 0 Å². The van der Waals surface area contributed by atoms with Gasteiger partial charge in [0.15, 0.2) is 5.16 Å². The first kappa shape index (κ1) is 20.8. The number of hydrogen-bond donors (Lipinski definition) is 1. The molecular weight excluding hydrogens is 416 g/mol. The minimum Gasteiger partial charge on any atom is -0.312 e. The van der Waals surface area contributed by atoms with Crippen molar-refractivity contribution < 1.29 is 9.72 Å². The lowest BCUT2D eigenvalue weighted by Gasteiger charge is -2.27. The summed E-state index contributed by atoms with van der Waals surface area (Å²) in [7, 11) is 1.77. The molecule has 2 aromatic carbocycles. The Morgan fingerprint density at radius 2 is 1.97 bits per heavy atom. The zero-order valence-electron chi connectivity index (χ0n) is 17.0. The Labute approximate surface area is 182 Å². The summed E-state index contributed by atoms with van der Waals surface area (Å²) in [5, 5.41) is 14.3. The standard InChI is InChI=1S/C22H20N4O4S/c1-13-4-3-5-14(10-13)12-31-22-24-21(28)19-17(11-18(27)23-20(19)25(22)2)15-6-8-16(9-7-15)26(29)30/h3-10,17H,11-12H2,1-2H3,(H,23,27). The van der Waals surface area contributed by atoms with E-state index in [2.05, 4.69) is 16.4 Å². The lowest BCUT2D eigenvalue weighted by Crippen LogP contribution is -2.33. The number of aromatic nitrogens is 2. The van der Waals surface area contributed by atoms with Crippen molar-refractivity contribution in [1.29, 1.82) is 0 Å². The molecule has 1 aliphatic heterocycles. The van der Waals surface area contributed by atoms with E-state index in [1.807, 2.05) is 25.1 Å². The fourth-order valence-electron chi connectivity index (χ4n) is 3.73. The SMILES string of the molecule is Cc1cccc(CSc2nc(=O)c3c(n2C)NC(=O)CC3c2ccc([N+](=O)[O-])cc2)c1. The summed E-state index contributed by atoms with van der Waals surface area (Å²) in [6, 6.07) is 14.0. The van der Waals surface area contributed by atoms with Crippen LogP contribution in [0.2, 0.25) is 0 Å². The van der Waals surface area contributed by atoms with E-state index in [1.165, 1.54) is 23.9 Å². The number of benzene rings is 2. The fraction of sp³-hybridized carbons (Fsp3) is 0.227. The third-order valence-corrected chi connectivity index (χ3v) is 6.36. The third-order valence-electron chi connectivity index (χ3n) is 5.26. The number of anilines is 1. The van der Waals surface area contributed by atoms with Gasteiger partial charge in [0, 0.05) is 37.3 Å². The molecule has 0 saturated heterocycles. The lowest BCUT2D eigenvalue weighted by molar-refractivity contribution is -0.384. The van der Waals surface area contributed by atoms with E-state index < -0.39 is 16.4 Å². The molecule has 1 amide bonds. The van der Waals surface area contributed by atoms with Gasteiger partial charge in [-0.2, -0.15) is 4.98 Å². The summed E-state index contributed by atoms with van der Waals surface area (Å²) >= 11 is 1.42. The normalized spacial score (nSPS) is 15.3. The first-order valence-corrected chi connectivity index (χ1v) is 10.7. The Kier molecular flexibility index (Phi) is 5.60. The second kappa shape index (κ2) is 8.35. The van der Waals surface area contributed by atoms with E-state index in [9.17, 15) is 19.7 Å². The van der Waals surface area contributed by atoms with E-state index in [0.29, 0.717) is 27.9 Å². The molecule has 1 N–H and O–H groups in total. The number of carbonyl (C=O) groups is 1. The van der Waals surface area contributed by atoms with Crippen molar-refractivity contribution in [2.75, 3.05) is 5.32 Å². The van der Waals surface area contributed by atoms with Crippen molar-refractivity contribution in [3.63, 3.8) is 0 Å². The van der Waals surface area contributed by atoms with E-state index in [0.717, 1.165) is 11.1 Å². The van der Waals surface area contributed by atoms with E-state index in [-0.39, 0.29) is 18.0 Å². The molecule has 1 aliphatic rings. The Hall–Kier alpha value is -3.46.